The lowest BCUT2D eigenvalue weighted by Crippen LogP contribution is -2.61. The summed E-state index contributed by atoms with van der Waals surface area (Å²) in [6.07, 6.45) is 1.73. The van der Waals surface area contributed by atoms with Gasteiger partial charge in [0.25, 0.3) is 0 Å². The van der Waals surface area contributed by atoms with Crippen LogP contribution in [0.2, 0.25) is 5.02 Å². The summed E-state index contributed by atoms with van der Waals surface area (Å²) in [6, 6.07) is 13.7. The van der Waals surface area contributed by atoms with Gasteiger partial charge in [0.05, 0.1) is 0 Å². The smallest absolute Gasteiger partial charge is 0.223 e. The molecule has 0 spiro atoms. The SMILES string of the molecule is O=C(CCc1c(F)cccc1Cl)N1CC(N2CCc3ccccc3C2)C1. The molecule has 0 saturated carbocycles. The van der Waals surface area contributed by atoms with Crippen molar-refractivity contribution in [1.29, 1.82) is 0 Å². The van der Waals surface area contributed by atoms with Gasteiger partial charge < -0.3 is 4.90 Å². The van der Waals surface area contributed by atoms with E-state index in [9.17, 15) is 9.18 Å². The van der Waals surface area contributed by atoms with E-state index in [1.807, 2.05) is 4.90 Å². The molecule has 26 heavy (non-hydrogen) atoms. The third-order valence-corrected chi connectivity index (χ3v) is 5.90. The van der Waals surface area contributed by atoms with E-state index >= 15 is 0 Å². The van der Waals surface area contributed by atoms with Gasteiger partial charge in [0.15, 0.2) is 0 Å². The van der Waals surface area contributed by atoms with Crippen molar-refractivity contribution in [3.8, 4) is 0 Å². The van der Waals surface area contributed by atoms with Crippen molar-refractivity contribution in [2.75, 3.05) is 19.6 Å². The Labute approximate surface area is 158 Å². The van der Waals surface area contributed by atoms with E-state index in [4.69, 9.17) is 11.6 Å². The highest BCUT2D eigenvalue weighted by Crippen LogP contribution is 2.25. The fraction of sp³-hybridized carbons (Fsp3) is 0.381. The number of benzene rings is 2. The standard InChI is InChI=1S/C21H22ClFN2O/c22-19-6-3-7-20(23)18(19)8-9-21(26)25-13-17(14-25)24-11-10-15-4-1-2-5-16(15)12-24/h1-7,17H,8-14H2. The maximum atomic E-state index is 13.8. The Morgan fingerprint density at radius 2 is 1.88 bits per heavy atom. The Kier molecular flexibility index (Phi) is 4.96. The van der Waals surface area contributed by atoms with Gasteiger partial charge in [0.2, 0.25) is 5.91 Å². The average Bonchev–Trinajstić information content (AvgIpc) is 2.60. The van der Waals surface area contributed by atoms with Crippen LogP contribution in [0, 0.1) is 5.82 Å². The van der Waals surface area contributed by atoms with Crippen LogP contribution in [0.3, 0.4) is 0 Å². The van der Waals surface area contributed by atoms with Gasteiger partial charge in [0, 0.05) is 49.2 Å². The number of halogens is 2. The van der Waals surface area contributed by atoms with Gasteiger partial charge in [-0.1, -0.05) is 41.9 Å². The molecular weight excluding hydrogens is 351 g/mol. The Morgan fingerprint density at radius 3 is 2.65 bits per heavy atom. The largest absolute Gasteiger partial charge is 0.339 e. The van der Waals surface area contributed by atoms with Gasteiger partial charge in [-0.15, -0.1) is 0 Å². The predicted molar refractivity (Wildman–Crippen MR) is 101 cm³/mol. The minimum absolute atomic E-state index is 0.0815. The van der Waals surface area contributed by atoms with Crippen LogP contribution in [0.1, 0.15) is 23.1 Å². The lowest BCUT2D eigenvalue weighted by Gasteiger charge is -2.47. The molecule has 136 valence electrons. The maximum absolute atomic E-state index is 13.8. The van der Waals surface area contributed by atoms with Crippen LogP contribution < -0.4 is 0 Å². The zero-order valence-corrected chi connectivity index (χ0v) is 15.4. The topological polar surface area (TPSA) is 23.6 Å². The van der Waals surface area contributed by atoms with Crippen molar-refractivity contribution in [2.45, 2.75) is 31.8 Å². The Hall–Kier alpha value is -1.91. The Bertz CT molecular complexity index is 799. The highest BCUT2D eigenvalue weighted by Gasteiger charge is 2.35. The molecule has 0 bridgehead atoms. The first kappa shape index (κ1) is 17.5. The first-order valence-electron chi connectivity index (χ1n) is 9.13. The third-order valence-electron chi connectivity index (χ3n) is 5.54. The van der Waals surface area contributed by atoms with Gasteiger partial charge in [-0.05, 0) is 36.1 Å². The summed E-state index contributed by atoms with van der Waals surface area (Å²) in [4.78, 5) is 16.7. The molecule has 1 fully saturated rings. The first-order chi connectivity index (χ1) is 12.6. The van der Waals surface area contributed by atoms with Crippen molar-refractivity contribution in [3.05, 3.63) is 70.0 Å². The number of hydrogen-bond donors (Lipinski definition) is 0. The van der Waals surface area contributed by atoms with Crippen LogP contribution >= 0.6 is 11.6 Å². The summed E-state index contributed by atoms with van der Waals surface area (Å²) in [6.45, 7) is 3.56. The maximum Gasteiger partial charge on any atom is 0.223 e. The highest BCUT2D eigenvalue weighted by atomic mass is 35.5. The normalized spacial score (nSPS) is 17.7. The fourth-order valence-electron chi connectivity index (χ4n) is 3.88. The molecule has 0 unspecified atom stereocenters. The summed E-state index contributed by atoms with van der Waals surface area (Å²) in [5.41, 5.74) is 3.28. The van der Waals surface area contributed by atoms with Crippen molar-refractivity contribution in [2.24, 2.45) is 0 Å². The van der Waals surface area contributed by atoms with E-state index in [1.54, 1.807) is 12.1 Å². The van der Waals surface area contributed by atoms with Gasteiger partial charge in [-0.25, -0.2) is 4.39 Å². The zero-order chi connectivity index (χ0) is 18.1. The van der Waals surface area contributed by atoms with E-state index in [2.05, 4.69) is 29.2 Å². The molecule has 0 radical (unpaired) electrons. The van der Waals surface area contributed by atoms with Crippen molar-refractivity contribution in [1.82, 2.24) is 9.80 Å². The highest BCUT2D eigenvalue weighted by molar-refractivity contribution is 6.31. The van der Waals surface area contributed by atoms with Crippen LogP contribution in [0.4, 0.5) is 4.39 Å². The molecule has 1 saturated heterocycles. The van der Waals surface area contributed by atoms with Crippen LogP contribution in [0.15, 0.2) is 42.5 Å². The Balaban J connectivity index is 1.28. The number of nitrogens with zero attached hydrogens (tertiary/aromatic N) is 2. The molecule has 2 aliphatic heterocycles. The summed E-state index contributed by atoms with van der Waals surface area (Å²) in [5, 5.41) is 0.395. The second-order valence-electron chi connectivity index (χ2n) is 7.14. The van der Waals surface area contributed by atoms with Gasteiger partial charge in [-0.2, -0.15) is 0 Å². The number of fused-ring (bicyclic) bond motifs is 1. The summed E-state index contributed by atoms with van der Waals surface area (Å²) in [5.74, 6) is -0.253. The molecule has 1 amide bonds. The van der Waals surface area contributed by atoms with Gasteiger partial charge >= 0.3 is 0 Å². The summed E-state index contributed by atoms with van der Waals surface area (Å²) < 4.78 is 13.8. The molecule has 2 aromatic rings. The number of likely N-dealkylation sites (tertiary alicyclic amines) is 1. The first-order valence-corrected chi connectivity index (χ1v) is 9.51. The van der Waals surface area contributed by atoms with Crippen molar-refractivity contribution >= 4 is 17.5 Å². The van der Waals surface area contributed by atoms with Gasteiger partial charge in [0.1, 0.15) is 5.82 Å². The summed E-state index contributed by atoms with van der Waals surface area (Å²) in [7, 11) is 0. The molecular formula is C21H22ClFN2O. The minimum atomic E-state index is -0.334. The predicted octanol–water partition coefficient (Wildman–Crippen LogP) is 3.68. The molecule has 4 rings (SSSR count). The van der Waals surface area contributed by atoms with Gasteiger partial charge in [-0.3, -0.25) is 9.69 Å². The molecule has 2 aliphatic rings. The molecule has 0 aromatic heterocycles. The monoisotopic (exact) mass is 372 g/mol. The van der Waals surface area contributed by atoms with E-state index in [0.717, 1.165) is 32.6 Å². The molecule has 0 aliphatic carbocycles. The minimum Gasteiger partial charge on any atom is -0.339 e. The molecule has 0 atom stereocenters. The lowest BCUT2D eigenvalue weighted by atomic mass is 9.96. The molecule has 5 heteroatoms. The number of rotatable bonds is 4. The molecule has 2 aromatic carbocycles. The number of hydrogen-bond acceptors (Lipinski definition) is 2. The zero-order valence-electron chi connectivity index (χ0n) is 14.6. The number of amides is 1. The van der Waals surface area contributed by atoms with E-state index in [0.29, 0.717) is 29.5 Å². The molecule has 3 nitrogen and oxygen atoms in total. The Morgan fingerprint density at radius 1 is 1.12 bits per heavy atom. The fourth-order valence-corrected chi connectivity index (χ4v) is 4.14. The number of carbonyl (C=O) groups is 1. The third kappa shape index (κ3) is 3.49. The summed E-state index contributed by atoms with van der Waals surface area (Å²) >= 11 is 6.03. The van der Waals surface area contributed by atoms with Crippen LogP contribution in [-0.2, 0) is 24.2 Å². The second-order valence-corrected chi connectivity index (χ2v) is 7.55. The van der Waals surface area contributed by atoms with Crippen LogP contribution in [0.5, 0.6) is 0 Å². The molecule has 0 N–H and O–H groups in total. The molecule has 2 heterocycles. The van der Waals surface area contributed by atoms with E-state index in [-0.39, 0.29) is 11.7 Å². The van der Waals surface area contributed by atoms with Crippen LogP contribution in [0.25, 0.3) is 0 Å². The van der Waals surface area contributed by atoms with E-state index < -0.39 is 0 Å². The second kappa shape index (κ2) is 7.37. The van der Waals surface area contributed by atoms with Crippen molar-refractivity contribution in [3.63, 3.8) is 0 Å². The van der Waals surface area contributed by atoms with Crippen LogP contribution in [-0.4, -0.2) is 41.4 Å². The lowest BCUT2D eigenvalue weighted by molar-refractivity contribution is -0.138. The van der Waals surface area contributed by atoms with E-state index in [1.165, 1.54) is 17.2 Å². The average molecular weight is 373 g/mol. The quantitative estimate of drug-likeness (QED) is 0.817. The van der Waals surface area contributed by atoms with Crippen molar-refractivity contribution < 1.29 is 9.18 Å². The number of carbonyl (C=O) groups excluding carboxylic acids is 1.